The molecule has 0 aromatic heterocycles. The van der Waals surface area contributed by atoms with Crippen molar-refractivity contribution in [3.8, 4) is 0 Å². The standard InChI is InChI=1S/C20H23N5O2S/c1-12(21)9-18(28)25-16-11-14(7-8-15(16)19(22)26)24-17(20(23)27)10-13-5-3-2-4-6-13/h2-9,11,17,21,24-25,28H,10H2,1H3,(H2,22,26)(H2,23,27)/b18-9-,21-12?/t17-/m1/s1. The lowest BCUT2D eigenvalue weighted by molar-refractivity contribution is -0.118. The molecule has 28 heavy (non-hydrogen) atoms. The number of rotatable bonds is 9. The van der Waals surface area contributed by atoms with Crippen LogP contribution in [-0.4, -0.2) is 23.6 Å². The van der Waals surface area contributed by atoms with Gasteiger partial charge in [0.2, 0.25) is 5.91 Å². The summed E-state index contributed by atoms with van der Waals surface area (Å²) in [7, 11) is 0. The molecule has 0 heterocycles. The summed E-state index contributed by atoms with van der Waals surface area (Å²) in [6, 6.07) is 13.7. The van der Waals surface area contributed by atoms with Crippen LogP contribution in [0, 0.1) is 5.41 Å². The molecule has 7 nitrogen and oxygen atoms in total. The van der Waals surface area contributed by atoms with Crippen molar-refractivity contribution in [2.45, 2.75) is 19.4 Å². The van der Waals surface area contributed by atoms with Crippen molar-refractivity contribution < 1.29 is 9.59 Å². The van der Waals surface area contributed by atoms with Gasteiger partial charge in [0.1, 0.15) is 6.04 Å². The van der Waals surface area contributed by atoms with Crippen LogP contribution in [-0.2, 0) is 11.2 Å². The van der Waals surface area contributed by atoms with Crippen molar-refractivity contribution in [1.82, 2.24) is 0 Å². The minimum Gasteiger partial charge on any atom is -0.373 e. The molecule has 0 saturated heterocycles. The van der Waals surface area contributed by atoms with Crippen LogP contribution in [0.4, 0.5) is 11.4 Å². The van der Waals surface area contributed by atoms with Crippen LogP contribution in [0.3, 0.4) is 0 Å². The predicted octanol–water partition coefficient (Wildman–Crippen LogP) is 2.52. The Hall–Kier alpha value is -3.26. The van der Waals surface area contributed by atoms with Crippen LogP contribution < -0.4 is 22.1 Å². The van der Waals surface area contributed by atoms with Crippen molar-refractivity contribution >= 4 is 41.5 Å². The highest BCUT2D eigenvalue weighted by Gasteiger charge is 2.17. The zero-order valence-electron chi connectivity index (χ0n) is 15.4. The zero-order valence-corrected chi connectivity index (χ0v) is 16.3. The Morgan fingerprint density at radius 1 is 1.18 bits per heavy atom. The minimum atomic E-state index is -0.635. The van der Waals surface area contributed by atoms with Crippen molar-refractivity contribution in [3.05, 3.63) is 70.8 Å². The van der Waals surface area contributed by atoms with Gasteiger partial charge in [-0.25, -0.2) is 0 Å². The Labute approximate surface area is 169 Å². The molecule has 2 rings (SSSR count). The third kappa shape index (κ3) is 6.17. The van der Waals surface area contributed by atoms with Gasteiger partial charge in [0.05, 0.1) is 16.3 Å². The van der Waals surface area contributed by atoms with E-state index < -0.39 is 17.9 Å². The predicted molar refractivity (Wildman–Crippen MR) is 116 cm³/mol. The van der Waals surface area contributed by atoms with E-state index in [1.54, 1.807) is 25.1 Å². The monoisotopic (exact) mass is 397 g/mol. The lowest BCUT2D eigenvalue weighted by atomic mass is 10.0. The second-order valence-corrected chi connectivity index (χ2v) is 6.73. The molecule has 0 bridgehead atoms. The van der Waals surface area contributed by atoms with Gasteiger partial charge in [-0.3, -0.25) is 9.59 Å². The molecule has 0 aliphatic heterocycles. The van der Waals surface area contributed by atoms with Gasteiger partial charge in [0.25, 0.3) is 5.91 Å². The fourth-order valence-corrected chi connectivity index (χ4v) is 2.92. The van der Waals surface area contributed by atoms with Crippen LogP contribution >= 0.6 is 12.6 Å². The highest BCUT2D eigenvalue weighted by atomic mass is 32.1. The molecule has 0 unspecified atom stereocenters. The molecule has 0 aliphatic rings. The van der Waals surface area contributed by atoms with Gasteiger partial charge in [-0.15, -0.1) is 12.6 Å². The number of nitrogens with one attached hydrogen (secondary N) is 3. The SMILES string of the molecule is CC(=N)/C=C(\S)Nc1cc(N[C@H](Cc2ccccc2)C(N)=O)ccc1C(N)=O. The molecule has 0 spiro atoms. The summed E-state index contributed by atoms with van der Waals surface area (Å²) < 4.78 is 0. The van der Waals surface area contributed by atoms with E-state index in [-0.39, 0.29) is 5.56 Å². The lowest BCUT2D eigenvalue weighted by Gasteiger charge is -2.19. The average Bonchev–Trinajstić information content (AvgIpc) is 2.61. The topological polar surface area (TPSA) is 134 Å². The van der Waals surface area contributed by atoms with E-state index in [0.717, 1.165) is 5.56 Å². The maximum absolute atomic E-state index is 11.9. The molecule has 0 radical (unpaired) electrons. The molecule has 7 N–H and O–H groups in total. The second-order valence-electron chi connectivity index (χ2n) is 6.25. The van der Waals surface area contributed by atoms with Gasteiger partial charge in [-0.1, -0.05) is 30.3 Å². The number of amides is 2. The number of carbonyl (C=O) groups excluding carboxylic acids is 2. The van der Waals surface area contributed by atoms with Gasteiger partial charge in [0.15, 0.2) is 0 Å². The van der Waals surface area contributed by atoms with Gasteiger partial charge < -0.3 is 27.5 Å². The molecule has 0 aliphatic carbocycles. The van der Waals surface area contributed by atoms with Crippen LogP contribution in [0.25, 0.3) is 0 Å². The molecule has 1 atom stereocenters. The Bertz CT molecular complexity index is 912. The summed E-state index contributed by atoms with van der Waals surface area (Å²) >= 11 is 4.26. The maximum atomic E-state index is 11.9. The van der Waals surface area contributed by atoms with Gasteiger partial charge in [-0.2, -0.15) is 0 Å². The van der Waals surface area contributed by atoms with Crippen molar-refractivity contribution in [2.75, 3.05) is 10.6 Å². The molecule has 2 aromatic rings. The van der Waals surface area contributed by atoms with E-state index in [1.165, 1.54) is 6.08 Å². The first-order valence-electron chi connectivity index (χ1n) is 8.52. The first kappa shape index (κ1) is 21.0. The second kappa shape index (κ2) is 9.61. The number of nitrogens with two attached hydrogens (primary N) is 2. The Morgan fingerprint density at radius 3 is 2.43 bits per heavy atom. The fourth-order valence-electron chi connectivity index (χ4n) is 2.61. The summed E-state index contributed by atoms with van der Waals surface area (Å²) in [6.45, 7) is 1.60. The summed E-state index contributed by atoms with van der Waals surface area (Å²) in [6.07, 6.45) is 1.91. The number of benzene rings is 2. The number of primary amides is 2. The molecule has 146 valence electrons. The molecule has 8 heteroatoms. The third-order valence-electron chi connectivity index (χ3n) is 3.87. The minimum absolute atomic E-state index is 0.256. The van der Waals surface area contributed by atoms with E-state index in [0.29, 0.717) is 28.5 Å². The summed E-state index contributed by atoms with van der Waals surface area (Å²) in [5, 5.41) is 13.9. The van der Waals surface area contributed by atoms with Crippen LogP contribution in [0.15, 0.2) is 59.6 Å². The number of anilines is 2. The average molecular weight is 398 g/mol. The molecular formula is C20H23N5O2S. The molecule has 0 saturated carbocycles. The zero-order chi connectivity index (χ0) is 20.7. The quantitative estimate of drug-likeness (QED) is 0.286. The number of thiol groups is 1. The van der Waals surface area contributed by atoms with Gasteiger partial charge >= 0.3 is 0 Å². The summed E-state index contributed by atoms with van der Waals surface area (Å²) in [4.78, 5) is 23.6. The van der Waals surface area contributed by atoms with Crippen LogP contribution in [0.1, 0.15) is 22.8 Å². The van der Waals surface area contributed by atoms with E-state index in [4.69, 9.17) is 16.9 Å². The summed E-state index contributed by atoms with van der Waals surface area (Å²) in [5.41, 5.74) is 13.5. The van der Waals surface area contributed by atoms with Crippen LogP contribution in [0.5, 0.6) is 0 Å². The molecular weight excluding hydrogens is 374 g/mol. The van der Waals surface area contributed by atoms with Gasteiger partial charge in [0, 0.05) is 17.8 Å². The third-order valence-corrected chi connectivity index (χ3v) is 4.11. The fraction of sp³-hybridized carbons (Fsp3) is 0.150. The lowest BCUT2D eigenvalue weighted by Crippen LogP contribution is -2.37. The number of hydrogen-bond donors (Lipinski definition) is 6. The van der Waals surface area contributed by atoms with Crippen molar-refractivity contribution in [3.63, 3.8) is 0 Å². The Balaban J connectivity index is 2.28. The highest BCUT2D eigenvalue weighted by molar-refractivity contribution is 7.84. The molecule has 2 aromatic carbocycles. The highest BCUT2D eigenvalue weighted by Crippen LogP contribution is 2.24. The first-order valence-corrected chi connectivity index (χ1v) is 8.97. The van der Waals surface area contributed by atoms with Crippen molar-refractivity contribution in [1.29, 1.82) is 5.41 Å². The smallest absolute Gasteiger partial charge is 0.250 e. The largest absolute Gasteiger partial charge is 0.373 e. The normalized spacial score (nSPS) is 12.1. The van der Waals surface area contributed by atoms with E-state index in [1.807, 2.05) is 30.3 Å². The van der Waals surface area contributed by atoms with Crippen LogP contribution in [0.2, 0.25) is 0 Å². The number of hydrogen-bond acceptors (Lipinski definition) is 6. The van der Waals surface area contributed by atoms with Gasteiger partial charge in [-0.05, 0) is 36.8 Å². The Morgan fingerprint density at radius 2 is 1.86 bits per heavy atom. The Kier molecular flexibility index (Phi) is 7.22. The molecule has 2 amide bonds. The van der Waals surface area contributed by atoms with E-state index >= 15 is 0 Å². The van der Waals surface area contributed by atoms with E-state index in [2.05, 4.69) is 23.3 Å². The van der Waals surface area contributed by atoms with E-state index in [9.17, 15) is 9.59 Å². The number of allylic oxidation sites excluding steroid dienone is 1. The van der Waals surface area contributed by atoms with Crippen molar-refractivity contribution in [2.24, 2.45) is 11.5 Å². The molecule has 0 fully saturated rings. The summed E-state index contributed by atoms with van der Waals surface area (Å²) in [5.74, 6) is -1.11. The first-order chi connectivity index (χ1) is 13.3. The number of carbonyl (C=O) groups is 2. The maximum Gasteiger partial charge on any atom is 0.250 e.